The third-order valence-corrected chi connectivity index (χ3v) is 6.49. The Hall–Kier alpha value is -3.45. The number of esters is 1. The summed E-state index contributed by atoms with van der Waals surface area (Å²) in [6.07, 6.45) is 3.53. The van der Waals surface area contributed by atoms with Crippen LogP contribution in [0.15, 0.2) is 65.6 Å². The average Bonchev–Trinajstić information content (AvgIpc) is 2.83. The van der Waals surface area contributed by atoms with Gasteiger partial charge in [0, 0.05) is 12.7 Å². The first-order valence-electron chi connectivity index (χ1n) is 11.2. The molecule has 0 bridgehead atoms. The number of aromatic carboxylic acids is 1. The minimum atomic E-state index is -1.23. The van der Waals surface area contributed by atoms with E-state index in [0.717, 1.165) is 11.1 Å². The number of hydrogen-bond donors (Lipinski definition) is 1. The number of ether oxygens (including phenoxy) is 1. The molecule has 0 atom stereocenters. The van der Waals surface area contributed by atoms with E-state index in [4.69, 9.17) is 4.74 Å². The van der Waals surface area contributed by atoms with Gasteiger partial charge in [-0.15, -0.1) is 0 Å². The van der Waals surface area contributed by atoms with E-state index < -0.39 is 16.9 Å². The zero-order valence-corrected chi connectivity index (χ0v) is 18.7. The van der Waals surface area contributed by atoms with Gasteiger partial charge in [-0.3, -0.25) is 18.9 Å². The zero-order chi connectivity index (χ0) is 23.4. The van der Waals surface area contributed by atoms with Crippen LogP contribution >= 0.6 is 0 Å². The van der Waals surface area contributed by atoms with Crippen LogP contribution in [0.5, 0.6) is 0 Å². The topological polar surface area (TPSA) is 88.3 Å². The number of carbonyl (C=O) groups excluding carboxylic acids is 1. The van der Waals surface area contributed by atoms with Gasteiger partial charge < -0.3 is 9.84 Å². The second-order valence-corrected chi connectivity index (χ2v) is 8.59. The van der Waals surface area contributed by atoms with Crippen molar-refractivity contribution in [2.24, 2.45) is 5.41 Å². The van der Waals surface area contributed by atoms with Crippen molar-refractivity contribution in [1.82, 2.24) is 9.30 Å². The molecule has 1 aliphatic heterocycles. The molecule has 7 nitrogen and oxygen atoms in total. The molecule has 0 spiro atoms. The third kappa shape index (κ3) is 4.68. The summed E-state index contributed by atoms with van der Waals surface area (Å²) in [5.41, 5.74) is 1.23. The van der Waals surface area contributed by atoms with Gasteiger partial charge in [-0.25, -0.2) is 4.79 Å². The highest BCUT2D eigenvalue weighted by Gasteiger charge is 2.42. The molecule has 0 amide bonds. The first-order chi connectivity index (χ1) is 15.9. The molecule has 0 unspecified atom stereocenters. The van der Waals surface area contributed by atoms with Crippen LogP contribution in [0, 0.1) is 5.41 Å². The number of rotatable bonds is 7. The number of piperidine rings is 1. The van der Waals surface area contributed by atoms with Gasteiger partial charge in [-0.05, 0) is 68.6 Å². The van der Waals surface area contributed by atoms with E-state index in [1.165, 1.54) is 10.5 Å². The molecule has 2 aromatic heterocycles. The number of carbonyl (C=O) groups is 2. The predicted octanol–water partition coefficient (Wildman–Crippen LogP) is 3.39. The fourth-order valence-electron chi connectivity index (χ4n) is 4.71. The Bertz CT molecular complexity index is 1210. The standard InChI is InChI=1S/C26H28N2O5/c1-2-33-25(32)26(17-19-8-4-3-5-9-19)11-14-27(15-12-26)18-20-16-21(24(30)31)23(29)28-13-7-6-10-22(20)28/h3-10,13,16H,2,11-12,14-15,17-18H2,1H3,(H,30,31). The lowest BCUT2D eigenvalue weighted by Crippen LogP contribution is -2.46. The fraction of sp³-hybridized carbons (Fsp3) is 0.346. The largest absolute Gasteiger partial charge is 0.477 e. The van der Waals surface area contributed by atoms with Gasteiger partial charge >= 0.3 is 11.9 Å². The van der Waals surface area contributed by atoms with Crippen LogP contribution in [0.1, 0.15) is 41.3 Å². The lowest BCUT2D eigenvalue weighted by atomic mass is 9.73. The van der Waals surface area contributed by atoms with Gasteiger partial charge in [-0.2, -0.15) is 0 Å². The molecule has 1 aliphatic rings. The summed E-state index contributed by atoms with van der Waals surface area (Å²) in [5.74, 6) is -1.39. The van der Waals surface area contributed by atoms with Gasteiger partial charge in [0.05, 0.1) is 17.5 Å². The van der Waals surface area contributed by atoms with Gasteiger partial charge in [0.2, 0.25) is 0 Å². The summed E-state index contributed by atoms with van der Waals surface area (Å²) >= 11 is 0. The summed E-state index contributed by atoms with van der Waals surface area (Å²) in [4.78, 5) is 39.3. The predicted molar refractivity (Wildman–Crippen MR) is 124 cm³/mol. The summed E-state index contributed by atoms with van der Waals surface area (Å²) in [7, 11) is 0. The fourth-order valence-corrected chi connectivity index (χ4v) is 4.71. The Balaban J connectivity index is 1.57. The first kappa shape index (κ1) is 22.7. The van der Waals surface area contributed by atoms with Gasteiger partial charge in [0.15, 0.2) is 0 Å². The molecule has 0 saturated carbocycles. The lowest BCUT2D eigenvalue weighted by Gasteiger charge is -2.40. The van der Waals surface area contributed by atoms with Crippen LogP contribution in [0.25, 0.3) is 5.52 Å². The third-order valence-electron chi connectivity index (χ3n) is 6.49. The van der Waals surface area contributed by atoms with Gasteiger partial charge in [0.1, 0.15) is 5.56 Å². The maximum Gasteiger partial charge on any atom is 0.341 e. The van der Waals surface area contributed by atoms with E-state index in [9.17, 15) is 19.5 Å². The smallest absolute Gasteiger partial charge is 0.341 e. The van der Waals surface area contributed by atoms with E-state index in [-0.39, 0.29) is 11.5 Å². The molecule has 0 aliphatic carbocycles. The molecular weight excluding hydrogens is 420 g/mol. The number of aromatic nitrogens is 1. The molecule has 7 heteroatoms. The van der Waals surface area contributed by atoms with Crippen LogP contribution < -0.4 is 5.56 Å². The normalized spacial score (nSPS) is 15.9. The van der Waals surface area contributed by atoms with Crippen molar-refractivity contribution in [3.05, 3.63) is 87.8 Å². The van der Waals surface area contributed by atoms with Crippen LogP contribution in [-0.4, -0.2) is 46.0 Å². The van der Waals surface area contributed by atoms with E-state index in [0.29, 0.717) is 51.0 Å². The summed E-state index contributed by atoms with van der Waals surface area (Å²) in [5, 5.41) is 9.50. The minimum absolute atomic E-state index is 0.154. The number of hydrogen-bond acceptors (Lipinski definition) is 5. The van der Waals surface area contributed by atoms with Crippen molar-refractivity contribution in [3.63, 3.8) is 0 Å². The Morgan fingerprint density at radius 3 is 2.42 bits per heavy atom. The number of carboxylic acid groups (broad SMARTS) is 1. The molecule has 33 heavy (non-hydrogen) atoms. The van der Waals surface area contributed by atoms with Crippen molar-refractivity contribution in [3.8, 4) is 0 Å². The number of fused-ring (bicyclic) bond motifs is 1. The molecule has 1 aromatic carbocycles. The van der Waals surface area contributed by atoms with Crippen molar-refractivity contribution in [2.45, 2.75) is 32.7 Å². The van der Waals surface area contributed by atoms with Crippen LogP contribution in [0.3, 0.4) is 0 Å². The SMILES string of the molecule is CCOC(=O)C1(Cc2ccccc2)CCN(Cc2cc(C(=O)O)c(=O)n3ccccc23)CC1. The molecule has 1 fully saturated rings. The van der Waals surface area contributed by atoms with Crippen molar-refractivity contribution >= 4 is 17.5 Å². The maximum atomic E-state index is 13.0. The average molecular weight is 449 g/mol. The minimum Gasteiger partial charge on any atom is -0.477 e. The quantitative estimate of drug-likeness (QED) is 0.558. The highest BCUT2D eigenvalue weighted by atomic mass is 16.5. The molecule has 1 saturated heterocycles. The molecule has 3 heterocycles. The number of likely N-dealkylation sites (tertiary alicyclic amines) is 1. The number of nitrogens with zero attached hydrogens (tertiary/aromatic N) is 2. The Morgan fingerprint density at radius 1 is 1.06 bits per heavy atom. The Kier molecular flexibility index (Phi) is 6.60. The number of carboxylic acids is 1. The van der Waals surface area contributed by atoms with E-state index >= 15 is 0 Å². The van der Waals surface area contributed by atoms with Crippen LogP contribution in [0.2, 0.25) is 0 Å². The monoisotopic (exact) mass is 448 g/mol. The highest BCUT2D eigenvalue weighted by Crippen LogP contribution is 2.37. The molecule has 172 valence electrons. The van der Waals surface area contributed by atoms with Gasteiger partial charge in [-0.1, -0.05) is 36.4 Å². The van der Waals surface area contributed by atoms with Gasteiger partial charge in [0.25, 0.3) is 5.56 Å². The molecule has 0 radical (unpaired) electrons. The summed E-state index contributed by atoms with van der Waals surface area (Å²) in [6, 6.07) is 16.8. The Labute approximate surface area is 192 Å². The second kappa shape index (κ2) is 9.58. The lowest BCUT2D eigenvalue weighted by molar-refractivity contribution is -0.158. The Morgan fingerprint density at radius 2 is 1.76 bits per heavy atom. The summed E-state index contributed by atoms with van der Waals surface area (Å²) < 4.78 is 6.85. The number of pyridine rings is 2. The maximum absolute atomic E-state index is 13.0. The second-order valence-electron chi connectivity index (χ2n) is 8.59. The first-order valence-corrected chi connectivity index (χ1v) is 11.2. The molecule has 3 aromatic rings. The molecule has 4 rings (SSSR count). The number of benzene rings is 1. The van der Waals surface area contributed by atoms with Crippen molar-refractivity contribution in [2.75, 3.05) is 19.7 Å². The van der Waals surface area contributed by atoms with Crippen molar-refractivity contribution in [1.29, 1.82) is 0 Å². The molecular formula is C26H28N2O5. The summed E-state index contributed by atoms with van der Waals surface area (Å²) in [6.45, 7) is 4.02. The van der Waals surface area contributed by atoms with Crippen LogP contribution in [-0.2, 0) is 22.5 Å². The highest BCUT2D eigenvalue weighted by molar-refractivity contribution is 5.88. The van der Waals surface area contributed by atoms with Crippen molar-refractivity contribution < 1.29 is 19.4 Å². The van der Waals surface area contributed by atoms with E-state index in [2.05, 4.69) is 4.90 Å². The zero-order valence-electron chi connectivity index (χ0n) is 18.7. The van der Waals surface area contributed by atoms with E-state index in [1.54, 1.807) is 12.3 Å². The van der Waals surface area contributed by atoms with E-state index in [1.807, 2.05) is 49.4 Å². The van der Waals surface area contributed by atoms with Crippen LogP contribution in [0.4, 0.5) is 0 Å². The molecule has 1 N–H and O–H groups in total.